The summed E-state index contributed by atoms with van der Waals surface area (Å²) in [7, 11) is 0. The number of hydrogen-bond donors (Lipinski definition) is 3. The molecule has 0 aliphatic carbocycles. The Kier molecular flexibility index (Phi) is 3.54. The maximum Gasteiger partial charge on any atom is 0.422 e. The van der Waals surface area contributed by atoms with Crippen molar-refractivity contribution in [2.24, 2.45) is 5.73 Å². The van der Waals surface area contributed by atoms with E-state index in [-0.39, 0.29) is 6.04 Å². The SMILES string of the molecule is CC(C)(C)OC(=O)NN1CC(N)C(O)C1. The predicted molar refractivity (Wildman–Crippen MR) is 54.9 cm³/mol. The lowest BCUT2D eigenvalue weighted by atomic mass is 10.2. The van der Waals surface area contributed by atoms with Gasteiger partial charge in [-0.05, 0) is 20.8 Å². The molecule has 1 aliphatic heterocycles. The van der Waals surface area contributed by atoms with Crippen LogP contribution < -0.4 is 11.2 Å². The number of aliphatic hydroxyl groups is 1. The minimum atomic E-state index is -0.597. The van der Waals surface area contributed by atoms with Gasteiger partial charge in [0.1, 0.15) is 5.60 Å². The molecule has 1 rings (SSSR count). The standard InChI is InChI=1S/C9H19N3O3/c1-9(2,3)15-8(14)11-12-4-6(10)7(13)5-12/h6-7,13H,4-5,10H2,1-3H3,(H,11,14). The van der Waals surface area contributed by atoms with Crippen LogP contribution in [0, 0.1) is 0 Å². The van der Waals surface area contributed by atoms with Crippen molar-refractivity contribution >= 4 is 6.09 Å². The third-order valence-electron chi connectivity index (χ3n) is 1.98. The van der Waals surface area contributed by atoms with Gasteiger partial charge in [0.15, 0.2) is 0 Å². The number of β-amino-alcohol motifs (C(OH)–C–C–N with tert-alkyl or cyclic N) is 1. The van der Waals surface area contributed by atoms with Crippen molar-refractivity contribution in [3.05, 3.63) is 0 Å². The predicted octanol–water partition coefficient (Wildman–Crippen LogP) is -0.570. The molecule has 0 saturated carbocycles. The second-order valence-corrected chi connectivity index (χ2v) is 4.75. The van der Waals surface area contributed by atoms with Crippen molar-refractivity contribution in [2.75, 3.05) is 13.1 Å². The number of nitrogens with one attached hydrogen (secondary N) is 1. The molecule has 0 bridgehead atoms. The number of ether oxygens (including phenoxy) is 1. The van der Waals surface area contributed by atoms with E-state index in [1.54, 1.807) is 25.8 Å². The molecule has 0 radical (unpaired) electrons. The zero-order chi connectivity index (χ0) is 11.6. The summed E-state index contributed by atoms with van der Waals surface area (Å²) in [4.78, 5) is 11.3. The van der Waals surface area contributed by atoms with Crippen LogP contribution in [0.2, 0.25) is 0 Å². The highest BCUT2D eigenvalue weighted by Crippen LogP contribution is 2.09. The monoisotopic (exact) mass is 217 g/mol. The molecule has 1 aliphatic rings. The Labute approximate surface area is 89.3 Å². The Hall–Kier alpha value is -0.850. The van der Waals surface area contributed by atoms with Gasteiger partial charge in [-0.15, -0.1) is 0 Å². The minimum Gasteiger partial charge on any atom is -0.443 e. The van der Waals surface area contributed by atoms with Crippen LogP contribution in [0.15, 0.2) is 0 Å². The van der Waals surface area contributed by atoms with E-state index in [9.17, 15) is 9.90 Å². The Bertz CT molecular complexity index is 229. The molecule has 6 nitrogen and oxygen atoms in total. The van der Waals surface area contributed by atoms with Crippen LogP contribution in [0.3, 0.4) is 0 Å². The second kappa shape index (κ2) is 4.34. The summed E-state index contributed by atoms with van der Waals surface area (Å²) < 4.78 is 5.06. The van der Waals surface area contributed by atoms with Gasteiger partial charge in [-0.25, -0.2) is 9.80 Å². The minimum absolute atomic E-state index is 0.320. The van der Waals surface area contributed by atoms with Crippen LogP contribution in [-0.4, -0.2) is 47.0 Å². The Morgan fingerprint density at radius 1 is 1.53 bits per heavy atom. The fraction of sp³-hybridized carbons (Fsp3) is 0.889. The topological polar surface area (TPSA) is 87.8 Å². The van der Waals surface area contributed by atoms with E-state index in [2.05, 4.69) is 5.43 Å². The molecular weight excluding hydrogens is 198 g/mol. The third kappa shape index (κ3) is 4.03. The number of nitrogens with two attached hydrogens (primary N) is 1. The maximum absolute atomic E-state index is 11.3. The fourth-order valence-corrected chi connectivity index (χ4v) is 1.33. The lowest BCUT2D eigenvalue weighted by Gasteiger charge is -2.23. The lowest BCUT2D eigenvalue weighted by molar-refractivity contribution is 0.0348. The molecule has 2 atom stereocenters. The average molecular weight is 217 g/mol. The van der Waals surface area contributed by atoms with E-state index in [1.165, 1.54) is 0 Å². The fourth-order valence-electron chi connectivity index (χ4n) is 1.33. The summed E-state index contributed by atoms with van der Waals surface area (Å²) >= 11 is 0. The first-order chi connectivity index (χ1) is 6.78. The summed E-state index contributed by atoms with van der Waals surface area (Å²) in [5, 5.41) is 10.9. The molecule has 1 saturated heterocycles. The van der Waals surface area contributed by atoms with Crippen molar-refractivity contribution in [1.82, 2.24) is 10.4 Å². The molecule has 88 valence electrons. The van der Waals surface area contributed by atoms with Gasteiger partial charge in [0, 0.05) is 19.1 Å². The average Bonchev–Trinajstić information content (AvgIpc) is 2.26. The Morgan fingerprint density at radius 2 is 2.13 bits per heavy atom. The van der Waals surface area contributed by atoms with Crippen LogP contribution in [0.25, 0.3) is 0 Å². The van der Waals surface area contributed by atoms with Gasteiger partial charge in [0.2, 0.25) is 0 Å². The van der Waals surface area contributed by atoms with Crippen molar-refractivity contribution in [3.63, 3.8) is 0 Å². The van der Waals surface area contributed by atoms with Gasteiger partial charge in [0.25, 0.3) is 0 Å². The van der Waals surface area contributed by atoms with E-state index in [0.717, 1.165) is 0 Å². The van der Waals surface area contributed by atoms with Crippen molar-refractivity contribution in [2.45, 2.75) is 38.5 Å². The van der Waals surface area contributed by atoms with E-state index in [4.69, 9.17) is 10.5 Å². The highest BCUT2D eigenvalue weighted by Gasteiger charge is 2.30. The van der Waals surface area contributed by atoms with E-state index in [1.807, 2.05) is 0 Å². The smallest absolute Gasteiger partial charge is 0.422 e. The molecular formula is C9H19N3O3. The van der Waals surface area contributed by atoms with Crippen molar-refractivity contribution in [3.8, 4) is 0 Å². The maximum atomic E-state index is 11.3. The second-order valence-electron chi connectivity index (χ2n) is 4.75. The van der Waals surface area contributed by atoms with Gasteiger partial charge in [0.05, 0.1) is 6.10 Å². The Balaban J connectivity index is 2.34. The summed E-state index contributed by atoms with van der Waals surface area (Å²) in [6.45, 7) is 6.13. The number of amides is 1. The first-order valence-electron chi connectivity index (χ1n) is 4.96. The summed E-state index contributed by atoms with van der Waals surface area (Å²) in [6.07, 6.45) is -1.12. The molecule has 0 aromatic heterocycles. The summed E-state index contributed by atoms with van der Waals surface area (Å²) in [5.74, 6) is 0. The molecule has 1 heterocycles. The molecule has 1 amide bonds. The van der Waals surface area contributed by atoms with E-state index in [0.29, 0.717) is 13.1 Å². The van der Waals surface area contributed by atoms with Gasteiger partial charge < -0.3 is 15.6 Å². The number of nitrogens with zero attached hydrogens (tertiary/aromatic N) is 1. The summed E-state index contributed by atoms with van der Waals surface area (Å²) in [6, 6.07) is -0.320. The van der Waals surface area contributed by atoms with Crippen LogP contribution in [-0.2, 0) is 4.74 Å². The quantitative estimate of drug-likeness (QED) is 0.547. The first kappa shape index (κ1) is 12.2. The molecule has 4 N–H and O–H groups in total. The van der Waals surface area contributed by atoms with Crippen LogP contribution in [0.5, 0.6) is 0 Å². The lowest BCUT2D eigenvalue weighted by Crippen LogP contribution is -2.44. The van der Waals surface area contributed by atoms with Crippen LogP contribution in [0.1, 0.15) is 20.8 Å². The number of rotatable bonds is 1. The highest BCUT2D eigenvalue weighted by molar-refractivity contribution is 5.67. The molecule has 0 aromatic rings. The van der Waals surface area contributed by atoms with Crippen LogP contribution in [0.4, 0.5) is 4.79 Å². The van der Waals surface area contributed by atoms with Gasteiger partial charge in [-0.3, -0.25) is 5.43 Å². The van der Waals surface area contributed by atoms with Crippen LogP contribution >= 0.6 is 0 Å². The summed E-state index contributed by atoms with van der Waals surface area (Å²) in [5.41, 5.74) is 7.59. The zero-order valence-corrected chi connectivity index (χ0v) is 9.36. The molecule has 0 aromatic carbocycles. The van der Waals surface area contributed by atoms with Gasteiger partial charge >= 0.3 is 6.09 Å². The van der Waals surface area contributed by atoms with Gasteiger partial charge in [-0.2, -0.15) is 0 Å². The normalized spacial score (nSPS) is 27.8. The third-order valence-corrected chi connectivity index (χ3v) is 1.98. The highest BCUT2D eigenvalue weighted by atomic mass is 16.6. The Morgan fingerprint density at radius 3 is 2.53 bits per heavy atom. The number of aliphatic hydroxyl groups excluding tert-OH is 1. The molecule has 0 spiro atoms. The molecule has 1 fully saturated rings. The molecule has 15 heavy (non-hydrogen) atoms. The largest absolute Gasteiger partial charge is 0.443 e. The first-order valence-corrected chi connectivity index (χ1v) is 4.96. The van der Waals surface area contributed by atoms with E-state index >= 15 is 0 Å². The number of hydrogen-bond acceptors (Lipinski definition) is 5. The number of carbonyl (C=O) groups excluding carboxylic acids is 1. The zero-order valence-electron chi connectivity index (χ0n) is 9.36. The van der Waals surface area contributed by atoms with Gasteiger partial charge in [-0.1, -0.05) is 0 Å². The van der Waals surface area contributed by atoms with Crippen molar-refractivity contribution < 1.29 is 14.6 Å². The number of hydrazine groups is 1. The number of carbonyl (C=O) groups is 1. The van der Waals surface area contributed by atoms with E-state index < -0.39 is 17.8 Å². The molecule has 2 unspecified atom stereocenters. The molecule has 6 heteroatoms. The van der Waals surface area contributed by atoms with Crippen molar-refractivity contribution in [1.29, 1.82) is 0 Å².